The number of likely N-dealkylation sites (tertiary alicyclic amines) is 1. The van der Waals surface area contributed by atoms with Crippen LogP contribution in [0.3, 0.4) is 0 Å². The summed E-state index contributed by atoms with van der Waals surface area (Å²) >= 11 is 0. The number of ether oxygens (including phenoxy) is 1. The minimum absolute atomic E-state index is 0.0669. The zero-order valence-electron chi connectivity index (χ0n) is 10.1. The molecule has 1 aliphatic rings. The van der Waals surface area contributed by atoms with E-state index in [0.717, 1.165) is 0 Å². The quantitative estimate of drug-likeness (QED) is 0.705. The van der Waals surface area contributed by atoms with Gasteiger partial charge < -0.3 is 9.64 Å². The van der Waals surface area contributed by atoms with Crippen molar-refractivity contribution in [3.63, 3.8) is 0 Å². The van der Waals surface area contributed by atoms with E-state index in [2.05, 4.69) is 0 Å². The summed E-state index contributed by atoms with van der Waals surface area (Å²) in [5.41, 5.74) is 0. The highest BCUT2D eigenvalue weighted by Gasteiger charge is 2.31. The van der Waals surface area contributed by atoms with E-state index in [0.29, 0.717) is 26.1 Å². The first-order valence-electron chi connectivity index (χ1n) is 5.42. The molecule has 0 N–H and O–H groups in total. The van der Waals surface area contributed by atoms with Crippen molar-refractivity contribution >= 4 is 11.7 Å². The molecule has 1 heterocycles. The van der Waals surface area contributed by atoms with Crippen LogP contribution in [-0.4, -0.2) is 43.4 Å². The molecule has 0 bridgehead atoms. The van der Waals surface area contributed by atoms with Crippen LogP contribution < -0.4 is 0 Å². The molecule has 0 saturated carbocycles. The van der Waals surface area contributed by atoms with Crippen LogP contribution in [0.25, 0.3) is 0 Å². The van der Waals surface area contributed by atoms with Gasteiger partial charge in [0.2, 0.25) is 5.91 Å². The van der Waals surface area contributed by atoms with Crippen molar-refractivity contribution in [3.8, 4) is 0 Å². The lowest BCUT2D eigenvalue weighted by Crippen LogP contribution is -2.29. The number of methoxy groups -OCH3 is 1. The number of ketones is 1. The highest BCUT2D eigenvalue weighted by atomic mass is 16.5. The molecule has 0 aliphatic carbocycles. The Morgan fingerprint density at radius 2 is 2.13 bits per heavy atom. The average Bonchev–Trinajstić information content (AvgIpc) is 2.60. The van der Waals surface area contributed by atoms with Crippen LogP contribution in [0, 0.1) is 5.92 Å². The van der Waals surface area contributed by atoms with E-state index in [1.807, 2.05) is 13.8 Å². The Kier molecular flexibility index (Phi) is 6.96. The molecule has 1 aliphatic heterocycles. The second kappa shape index (κ2) is 7.40. The van der Waals surface area contributed by atoms with Gasteiger partial charge in [-0.3, -0.25) is 9.59 Å². The first kappa shape index (κ1) is 14.1. The number of carbonyl (C=O) groups excluding carboxylic acids is 2. The lowest BCUT2D eigenvalue weighted by Gasteiger charge is -2.14. The second-order valence-corrected chi connectivity index (χ2v) is 3.34. The van der Waals surface area contributed by atoms with Crippen LogP contribution in [0.5, 0.6) is 0 Å². The summed E-state index contributed by atoms with van der Waals surface area (Å²) < 4.78 is 4.87. The highest BCUT2D eigenvalue weighted by molar-refractivity contribution is 5.89. The number of carbonyl (C=O) groups is 2. The lowest BCUT2D eigenvalue weighted by atomic mass is 10.1. The predicted molar refractivity (Wildman–Crippen MR) is 58.6 cm³/mol. The molecule has 4 nitrogen and oxygen atoms in total. The second-order valence-electron chi connectivity index (χ2n) is 3.34. The van der Waals surface area contributed by atoms with Crippen LogP contribution >= 0.6 is 0 Å². The standard InChI is InChI=1S/C9H15NO3.C2H6/c1-7(11)8-5-9(12)10(6-8)3-4-13-2;1-2/h8H,3-6H2,1-2H3;1-2H3. The highest BCUT2D eigenvalue weighted by Crippen LogP contribution is 2.17. The Morgan fingerprint density at radius 1 is 1.53 bits per heavy atom. The van der Waals surface area contributed by atoms with Crippen molar-refractivity contribution in [2.24, 2.45) is 5.92 Å². The number of rotatable bonds is 4. The van der Waals surface area contributed by atoms with Gasteiger partial charge >= 0.3 is 0 Å². The molecule has 1 saturated heterocycles. The lowest BCUT2D eigenvalue weighted by molar-refractivity contribution is -0.128. The Bertz CT molecular complexity index is 216. The topological polar surface area (TPSA) is 46.6 Å². The molecule has 0 aromatic rings. The molecule has 1 fully saturated rings. The molecule has 4 heteroatoms. The van der Waals surface area contributed by atoms with Gasteiger partial charge in [-0.2, -0.15) is 0 Å². The number of nitrogens with zero attached hydrogens (tertiary/aromatic N) is 1. The summed E-state index contributed by atoms with van der Waals surface area (Å²) in [6, 6.07) is 0. The van der Waals surface area contributed by atoms with Crippen LogP contribution in [0.2, 0.25) is 0 Å². The fourth-order valence-corrected chi connectivity index (χ4v) is 1.46. The van der Waals surface area contributed by atoms with E-state index in [1.54, 1.807) is 12.0 Å². The molecule has 88 valence electrons. The van der Waals surface area contributed by atoms with Crippen molar-refractivity contribution in [1.29, 1.82) is 0 Å². The molecule has 15 heavy (non-hydrogen) atoms. The predicted octanol–water partition coefficient (Wildman–Crippen LogP) is 1.10. The molecular weight excluding hydrogens is 194 g/mol. The molecule has 1 atom stereocenters. The summed E-state index contributed by atoms with van der Waals surface area (Å²) in [6.07, 6.45) is 0.374. The van der Waals surface area contributed by atoms with Crippen molar-refractivity contribution in [2.75, 3.05) is 26.8 Å². The zero-order chi connectivity index (χ0) is 11.8. The summed E-state index contributed by atoms with van der Waals surface area (Å²) in [4.78, 5) is 24.0. The van der Waals surface area contributed by atoms with Crippen LogP contribution in [0.4, 0.5) is 0 Å². The SMILES string of the molecule is CC.COCCN1CC(C(C)=O)CC1=O. The smallest absolute Gasteiger partial charge is 0.223 e. The van der Waals surface area contributed by atoms with E-state index >= 15 is 0 Å². The number of hydrogen-bond donors (Lipinski definition) is 0. The van der Waals surface area contributed by atoms with Gasteiger partial charge in [0.1, 0.15) is 5.78 Å². The summed E-state index contributed by atoms with van der Waals surface area (Å²) in [7, 11) is 1.60. The molecule has 1 amide bonds. The van der Waals surface area contributed by atoms with Gasteiger partial charge in [-0.15, -0.1) is 0 Å². The summed E-state index contributed by atoms with van der Waals surface area (Å²) in [5.74, 6) is 0.0786. The molecule has 0 aromatic heterocycles. The fourth-order valence-electron chi connectivity index (χ4n) is 1.46. The van der Waals surface area contributed by atoms with E-state index in [-0.39, 0.29) is 17.6 Å². The maximum Gasteiger partial charge on any atom is 0.223 e. The Labute approximate surface area is 91.6 Å². The van der Waals surface area contributed by atoms with Gasteiger partial charge in [-0.25, -0.2) is 0 Å². The van der Waals surface area contributed by atoms with Crippen molar-refractivity contribution in [2.45, 2.75) is 27.2 Å². The third-order valence-corrected chi connectivity index (χ3v) is 2.35. The Hall–Kier alpha value is -0.900. The maximum absolute atomic E-state index is 11.3. The first-order valence-corrected chi connectivity index (χ1v) is 5.42. The average molecular weight is 215 g/mol. The molecular formula is C11H21NO3. The fraction of sp³-hybridized carbons (Fsp3) is 0.818. The number of Topliss-reactive ketones (excluding diaryl/α,β-unsaturated/α-hetero) is 1. The third kappa shape index (κ3) is 4.42. The zero-order valence-corrected chi connectivity index (χ0v) is 10.1. The minimum atomic E-state index is -0.0932. The molecule has 0 spiro atoms. The summed E-state index contributed by atoms with van der Waals surface area (Å²) in [5, 5.41) is 0. The normalized spacial score (nSPS) is 19.9. The van der Waals surface area contributed by atoms with Gasteiger partial charge in [0.15, 0.2) is 0 Å². The number of amides is 1. The van der Waals surface area contributed by atoms with E-state index in [4.69, 9.17) is 4.74 Å². The molecule has 1 unspecified atom stereocenters. The first-order chi connectivity index (χ1) is 7.15. The van der Waals surface area contributed by atoms with E-state index < -0.39 is 0 Å². The molecule has 1 rings (SSSR count). The maximum atomic E-state index is 11.3. The van der Waals surface area contributed by atoms with Gasteiger partial charge in [0.25, 0.3) is 0 Å². The van der Waals surface area contributed by atoms with Gasteiger partial charge in [0, 0.05) is 32.5 Å². The monoisotopic (exact) mass is 215 g/mol. The number of hydrogen-bond acceptors (Lipinski definition) is 3. The Morgan fingerprint density at radius 3 is 2.53 bits per heavy atom. The van der Waals surface area contributed by atoms with E-state index in [1.165, 1.54) is 6.92 Å². The van der Waals surface area contributed by atoms with Crippen molar-refractivity contribution < 1.29 is 14.3 Å². The van der Waals surface area contributed by atoms with Crippen LogP contribution in [0.1, 0.15) is 27.2 Å². The van der Waals surface area contributed by atoms with E-state index in [9.17, 15) is 9.59 Å². The van der Waals surface area contributed by atoms with Crippen LogP contribution in [0.15, 0.2) is 0 Å². The van der Waals surface area contributed by atoms with Crippen molar-refractivity contribution in [3.05, 3.63) is 0 Å². The van der Waals surface area contributed by atoms with Gasteiger partial charge in [-0.1, -0.05) is 13.8 Å². The summed E-state index contributed by atoms with van der Waals surface area (Å²) in [6.45, 7) is 7.24. The van der Waals surface area contributed by atoms with Crippen LogP contribution in [-0.2, 0) is 14.3 Å². The molecule has 0 radical (unpaired) electrons. The molecule has 0 aromatic carbocycles. The van der Waals surface area contributed by atoms with Gasteiger partial charge in [-0.05, 0) is 6.92 Å². The van der Waals surface area contributed by atoms with Gasteiger partial charge in [0.05, 0.1) is 6.61 Å². The Balaban J connectivity index is 0.000000921. The third-order valence-electron chi connectivity index (χ3n) is 2.35. The minimum Gasteiger partial charge on any atom is -0.383 e. The largest absolute Gasteiger partial charge is 0.383 e. The van der Waals surface area contributed by atoms with Crippen molar-refractivity contribution in [1.82, 2.24) is 4.90 Å².